The van der Waals surface area contributed by atoms with Crippen LogP contribution in [0.1, 0.15) is 29.7 Å². The van der Waals surface area contributed by atoms with Crippen molar-refractivity contribution in [1.29, 1.82) is 5.26 Å². The molecule has 4 heterocycles. The topological polar surface area (TPSA) is 82.6 Å². The largest absolute Gasteiger partial charge is 0.382 e. The monoisotopic (exact) mass is 463 g/mol. The Balaban J connectivity index is 1.43. The molecule has 3 N–H and O–H groups in total. The Morgan fingerprint density at radius 2 is 1.91 bits per heavy atom. The number of hydrogen-bond donors (Lipinski definition) is 3. The van der Waals surface area contributed by atoms with Gasteiger partial charge < -0.3 is 20.5 Å². The quantitative estimate of drug-likeness (QED) is 0.365. The van der Waals surface area contributed by atoms with Gasteiger partial charge in [0, 0.05) is 36.6 Å². The lowest BCUT2D eigenvalue weighted by Gasteiger charge is -2.25. The molecule has 0 saturated carbocycles. The first-order valence-electron chi connectivity index (χ1n) is 12.3. The summed E-state index contributed by atoms with van der Waals surface area (Å²) >= 11 is 0. The highest BCUT2D eigenvalue weighted by Gasteiger charge is 2.24. The summed E-state index contributed by atoms with van der Waals surface area (Å²) in [6.07, 6.45) is 6.46. The van der Waals surface area contributed by atoms with Crippen LogP contribution in [0.4, 0.5) is 5.69 Å². The first-order chi connectivity index (χ1) is 17.2. The van der Waals surface area contributed by atoms with E-state index in [4.69, 9.17) is 10.2 Å². The van der Waals surface area contributed by atoms with Crippen LogP contribution in [0.3, 0.4) is 0 Å². The molecule has 2 aromatic carbocycles. The van der Waals surface area contributed by atoms with Crippen molar-refractivity contribution in [3.63, 3.8) is 0 Å². The van der Waals surface area contributed by atoms with Crippen LogP contribution < -0.4 is 16.0 Å². The number of hydrogen-bond acceptors (Lipinski definition) is 5. The molecule has 2 aliphatic heterocycles. The molecule has 0 amide bonds. The Labute approximate surface area is 205 Å². The molecular formula is C28H29N7. The number of benzene rings is 2. The summed E-state index contributed by atoms with van der Waals surface area (Å²) in [5.74, 6) is 0.952. The molecule has 0 unspecified atom stereocenters. The molecule has 7 heteroatoms. The van der Waals surface area contributed by atoms with Crippen molar-refractivity contribution in [2.24, 2.45) is 0 Å². The van der Waals surface area contributed by atoms with Gasteiger partial charge in [-0.15, -0.1) is 0 Å². The molecule has 2 aliphatic rings. The van der Waals surface area contributed by atoms with Gasteiger partial charge in [-0.1, -0.05) is 12.1 Å². The Bertz CT molecular complexity index is 1400. The van der Waals surface area contributed by atoms with Crippen LogP contribution in [0, 0.1) is 11.3 Å². The number of nitriles is 1. The second-order valence-electron chi connectivity index (χ2n) is 9.38. The van der Waals surface area contributed by atoms with Crippen LogP contribution in [0.2, 0.25) is 0 Å². The molecule has 0 spiro atoms. The highest BCUT2D eigenvalue weighted by atomic mass is 15.2. The number of piperidine rings is 1. The molecule has 4 aromatic rings. The van der Waals surface area contributed by atoms with Gasteiger partial charge in [-0.3, -0.25) is 4.57 Å². The second-order valence-corrected chi connectivity index (χ2v) is 9.38. The molecule has 0 bridgehead atoms. The molecule has 1 fully saturated rings. The molecule has 0 atom stereocenters. The van der Waals surface area contributed by atoms with E-state index in [0.717, 1.165) is 67.4 Å². The molecule has 0 aliphatic carbocycles. The fourth-order valence-electron chi connectivity index (χ4n) is 5.27. The molecule has 176 valence electrons. The van der Waals surface area contributed by atoms with Crippen LogP contribution in [0.25, 0.3) is 28.3 Å². The average Bonchev–Trinajstić information content (AvgIpc) is 3.46. The number of nitrogens with one attached hydrogen (secondary N) is 3. The van der Waals surface area contributed by atoms with Crippen molar-refractivity contribution in [1.82, 2.24) is 24.8 Å². The zero-order valence-electron chi connectivity index (χ0n) is 19.9. The third-order valence-electron chi connectivity index (χ3n) is 7.04. The highest BCUT2D eigenvalue weighted by molar-refractivity contribution is 5.73. The first kappa shape index (κ1) is 21.7. The van der Waals surface area contributed by atoms with Crippen LogP contribution in [0.15, 0.2) is 60.9 Å². The lowest BCUT2D eigenvalue weighted by Crippen LogP contribution is -2.35. The van der Waals surface area contributed by atoms with Gasteiger partial charge in [-0.2, -0.15) is 5.26 Å². The summed E-state index contributed by atoms with van der Waals surface area (Å²) < 4.78 is 4.59. The lowest BCUT2D eigenvalue weighted by molar-refractivity contribution is 0.479. The zero-order chi connectivity index (χ0) is 23.8. The lowest BCUT2D eigenvalue weighted by atomic mass is 10.1. The molecule has 35 heavy (non-hydrogen) atoms. The minimum Gasteiger partial charge on any atom is -0.382 e. The van der Waals surface area contributed by atoms with E-state index in [1.807, 2.05) is 37.5 Å². The summed E-state index contributed by atoms with van der Waals surface area (Å²) in [5.41, 5.74) is 8.75. The average molecular weight is 464 g/mol. The van der Waals surface area contributed by atoms with E-state index in [2.05, 4.69) is 61.6 Å². The minimum absolute atomic E-state index is 0.508. The smallest absolute Gasteiger partial charge is 0.161 e. The van der Waals surface area contributed by atoms with Crippen molar-refractivity contribution in [3.05, 3.63) is 77.7 Å². The van der Waals surface area contributed by atoms with Crippen molar-refractivity contribution in [3.8, 4) is 34.4 Å². The predicted molar refractivity (Wildman–Crippen MR) is 139 cm³/mol. The standard InChI is InChI=1S/C28H29N7/c1-30-15-25-16-32-28-27-13-21(20-4-2-19(14-29)3-5-20)17-34(27)18-22-12-24(6-7-26(22)35(25)28)33-23-8-10-31-11-9-23/h2-7,12-13,16-17,23,30-31,33H,8-11,15,18H2,1H3. The number of anilines is 1. The third kappa shape index (κ3) is 4.01. The molecule has 6 rings (SSSR count). The van der Waals surface area contributed by atoms with Gasteiger partial charge in [0.25, 0.3) is 0 Å². The summed E-state index contributed by atoms with van der Waals surface area (Å²) in [6.45, 7) is 3.65. The summed E-state index contributed by atoms with van der Waals surface area (Å²) in [5, 5.41) is 19.7. The summed E-state index contributed by atoms with van der Waals surface area (Å²) in [4.78, 5) is 4.86. The summed E-state index contributed by atoms with van der Waals surface area (Å²) in [6, 6.07) is 19.4. The van der Waals surface area contributed by atoms with E-state index in [0.29, 0.717) is 11.6 Å². The number of aromatic nitrogens is 3. The normalized spacial score (nSPS) is 15.0. The molecule has 0 radical (unpaired) electrons. The maximum atomic E-state index is 9.16. The van der Waals surface area contributed by atoms with E-state index >= 15 is 0 Å². The Morgan fingerprint density at radius 3 is 2.69 bits per heavy atom. The van der Waals surface area contributed by atoms with Gasteiger partial charge in [0.2, 0.25) is 0 Å². The maximum Gasteiger partial charge on any atom is 0.161 e. The first-order valence-corrected chi connectivity index (χ1v) is 12.3. The van der Waals surface area contributed by atoms with E-state index in [9.17, 15) is 0 Å². The van der Waals surface area contributed by atoms with Crippen LogP contribution in [0.5, 0.6) is 0 Å². The Hall–Kier alpha value is -3.86. The van der Waals surface area contributed by atoms with Crippen LogP contribution >= 0.6 is 0 Å². The molecule has 7 nitrogen and oxygen atoms in total. The number of fused-ring (bicyclic) bond motifs is 5. The van der Waals surface area contributed by atoms with E-state index in [1.165, 1.54) is 16.9 Å². The van der Waals surface area contributed by atoms with E-state index < -0.39 is 0 Å². The van der Waals surface area contributed by atoms with E-state index in [-0.39, 0.29) is 0 Å². The third-order valence-corrected chi connectivity index (χ3v) is 7.04. The molecule has 1 saturated heterocycles. The predicted octanol–water partition coefficient (Wildman–Crippen LogP) is 4.12. The maximum absolute atomic E-state index is 9.16. The van der Waals surface area contributed by atoms with Gasteiger partial charge in [0.15, 0.2) is 5.82 Å². The van der Waals surface area contributed by atoms with Gasteiger partial charge >= 0.3 is 0 Å². The number of nitrogens with zero attached hydrogens (tertiary/aromatic N) is 4. The van der Waals surface area contributed by atoms with Gasteiger partial charge in [0.05, 0.1) is 34.9 Å². The molecule has 2 aromatic heterocycles. The van der Waals surface area contributed by atoms with Gasteiger partial charge in [-0.25, -0.2) is 4.98 Å². The fraction of sp³-hybridized carbons (Fsp3) is 0.286. The number of imidazole rings is 1. The van der Waals surface area contributed by atoms with Crippen molar-refractivity contribution < 1.29 is 0 Å². The Morgan fingerprint density at radius 1 is 1.09 bits per heavy atom. The fourth-order valence-corrected chi connectivity index (χ4v) is 5.27. The van der Waals surface area contributed by atoms with Crippen molar-refractivity contribution in [2.45, 2.75) is 32.0 Å². The highest BCUT2D eigenvalue weighted by Crippen LogP contribution is 2.36. The number of rotatable bonds is 5. The second kappa shape index (κ2) is 9.06. The van der Waals surface area contributed by atoms with Gasteiger partial charge in [-0.05, 0) is 80.5 Å². The SMILES string of the molecule is CNCc1cnc2n1-c1ccc(NC3CCNCC3)cc1Cn1cc(-c3ccc(C#N)cc3)cc1-2. The summed E-state index contributed by atoms with van der Waals surface area (Å²) in [7, 11) is 1.97. The van der Waals surface area contributed by atoms with Crippen molar-refractivity contribution >= 4 is 5.69 Å². The van der Waals surface area contributed by atoms with Crippen LogP contribution in [-0.4, -0.2) is 40.3 Å². The van der Waals surface area contributed by atoms with Gasteiger partial charge in [0.1, 0.15) is 0 Å². The van der Waals surface area contributed by atoms with Crippen LogP contribution in [-0.2, 0) is 13.1 Å². The Kier molecular flexibility index (Phi) is 5.61. The molecular weight excluding hydrogens is 434 g/mol. The zero-order valence-corrected chi connectivity index (χ0v) is 19.9. The van der Waals surface area contributed by atoms with Crippen molar-refractivity contribution in [2.75, 3.05) is 25.5 Å². The van der Waals surface area contributed by atoms with E-state index in [1.54, 1.807) is 0 Å². The minimum atomic E-state index is 0.508.